The Morgan fingerprint density at radius 3 is 1.48 bits per heavy atom. The van der Waals surface area contributed by atoms with Gasteiger partial charge in [-0.25, -0.2) is 9.97 Å². The Hall–Kier alpha value is -3.64. The van der Waals surface area contributed by atoms with Crippen molar-refractivity contribution in [1.29, 1.82) is 0 Å². The summed E-state index contributed by atoms with van der Waals surface area (Å²) in [5.74, 6) is -0.0990. The molecular formula is C30H36N6O4S2. The molecule has 0 spiro atoms. The summed E-state index contributed by atoms with van der Waals surface area (Å²) in [6.07, 6.45) is 1.62. The first kappa shape index (κ1) is 31.3. The van der Waals surface area contributed by atoms with Crippen LogP contribution in [0.2, 0.25) is 0 Å². The van der Waals surface area contributed by atoms with Crippen molar-refractivity contribution >= 4 is 57.1 Å². The number of hydrogen-bond acceptors (Lipinski definition) is 8. The maximum absolute atomic E-state index is 13.6. The Labute approximate surface area is 252 Å². The number of rotatable bonds is 13. The topological polar surface area (TPSA) is 128 Å². The first-order chi connectivity index (χ1) is 20.2. The van der Waals surface area contributed by atoms with Crippen molar-refractivity contribution in [1.82, 2.24) is 29.7 Å². The maximum Gasteiger partial charge on any atom is 0.262 e. The molecule has 12 heteroatoms. The molecular weight excluding hydrogens is 573 g/mol. The summed E-state index contributed by atoms with van der Waals surface area (Å²) in [5, 5.41) is 7.55. The number of hydrogen-bond donors (Lipinski definition) is 2. The fourth-order valence-corrected chi connectivity index (χ4v) is 5.88. The van der Waals surface area contributed by atoms with E-state index in [9.17, 15) is 19.2 Å². The van der Waals surface area contributed by atoms with Crippen LogP contribution in [-0.2, 0) is 22.7 Å². The van der Waals surface area contributed by atoms with Gasteiger partial charge in [0.15, 0.2) is 10.3 Å². The summed E-state index contributed by atoms with van der Waals surface area (Å²) in [5.41, 5.74) is 0.567. The molecule has 0 bridgehead atoms. The molecule has 0 aliphatic carbocycles. The van der Waals surface area contributed by atoms with Gasteiger partial charge in [0.25, 0.3) is 11.1 Å². The molecule has 222 valence electrons. The second-order valence-electron chi connectivity index (χ2n) is 10.1. The molecule has 42 heavy (non-hydrogen) atoms. The highest BCUT2D eigenvalue weighted by molar-refractivity contribution is 8.00. The highest BCUT2D eigenvalue weighted by Crippen LogP contribution is 2.20. The molecule has 0 fully saturated rings. The summed E-state index contributed by atoms with van der Waals surface area (Å²) in [6, 6.07) is 14.2. The standard InChI is InChI=1S/C30H36N6O4S2/c1-5-19(3)31-25(37)17-41-29-33-23-13-9-7-11-21(23)27(39)35(29)15-16-36-28(40)22-12-8-10-14-24(22)34-30(36)42-18-26(38)32-20(4)6-2/h7-14,19-20H,5-6,15-18H2,1-4H3,(H,31,37)(H,32,38)/t19-,20+. The molecule has 0 aliphatic rings. The van der Waals surface area contributed by atoms with Gasteiger partial charge in [-0.3, -0.25) is 28.3 Å². The highest BCUT2D eigenvalue weighted by Gasteiger charge is 2.18. The number of amides is 2. The zero-order valence-electron chi connectivity index (χ0n) is 24.3. The molecule has 0 saturated heterocycles. The van der Waals surface area contributed by atoms with Gasteiger partial charge in [0.05, 0.1) is 33.3 Å². The van der Waals surface area contributed by atoms with E-state index in [1.54, 1.807) is 36.4 Å². The molecule has 2 heterocycles. The van der Waals surface area contributed by atoms with Crippen LogP contribution < -0.4 is 21.8 Å². The predicted molar refractivity (Wildman–Crippen MR) is 169 cm³/mol. The van der Waals surface area contributed by atoms with Crippen LogP contribution in [-0.4, -0.2) is 54.5 Å². The molecule has 0 unspecified atom stereocenters. The molecule has 2 aromatic heterocycles. The second-order valence-corrected chi connectivity index (χ2v) is 12.0. The van der Waals surface area contributed by atoms with Gasteiger partial charge in [-0.15, -0.1) is 0 Å². The highest BCUT2D eigenvalue weighted by atomic mass is 32.2. The SMILES string of the molecule is CC[C@@H](C)NC(=O)CSc1nc2ccccc2c(=O)n1CCn1c(SCC(=O)N[C@@H](C)CC)nc2ccccc2c1=O. The van der Waals surface area contributed by atoms with Crippen LogP contribution >= 0.6 is 23.5 Å². The van der Waals surface area contributed by atoms with E-state index in [2.05, 4.69) is 10.6 Å². The fourth-order valence-electron chi connectivity index (χ4n) is 4.21. The molecule has 2 N–H and O–H groups in total. The minimum absolute atomic E-state index is 0.0420. The number of nitrogens with one attached hydrogen (secondary N) is 2. The van der Waals surface area contributed by atoms with Crippen molar-refractivity contribution in [2.75, 3.05) is 11.5 Å². The Morgan fingerprint density at radius 1 is 0.714 bits per heavy atom. The summed E-state index contributed by atoms with van der Waals surface area (Å²) in [7, 11) is 0. The van der Waals surface area contributed by atoms with Crippen molar-refractivity contribution in [2.24, 2.45) is 0 Å². The van der Waals surface area contributed by atoms with Crippen LogP contribution in [0.25, 0.3) is 21.8 Å². The van der Waals surface area contributed by atoms with Crippen LogP contribution in [0.15, 0.2) is 68.4 Å². The van der Waals surface area contributed by atoms with Gasteiger partial charge in [-0.05, 0) is 51.0 Å². The van der Waals surface area contributed by atoms with Crippen LogP contribution in [0.5, 0.6) is 0 Å². The van der Waals surface area contributed by atoms with Crippen molar-refractivity contribution in [3.8, 4) is 0 Å². The van der Waals surface area contributed by atoms with Crippen molar-refractivity contribution in [2.45, 2.75) is 76.0 Å². The number of carbonyl (C=O) groups excluding carboxylic acids is 2. The molecule has 4 rings (SSSR count). The summed E-state index contributed by atoms with van der Waals surface area (Å²) in [4.78, 5) is 61.7. The lowest BCUT2D eigenvalue weighted by molar-refractivity contribution is -0.120. The lowest BCUT2D eigenvalue weighted by Crippen LogP contribution is -2.34. The third-order valence-corrected chi connectivity index (χ3v) is 8.86. The van der Waals surface area contributed by atoms with Crippen molar-refractivity contribution < 1.29 is 9.59 Å². The van der Waals surface area contributed by atoms with Gasteiger partial charge in [0, 0.05) is 25.2 Å². The molecule has 0 radical (unpaired) electrons. The number of thioether (sulfide) groups is 2. The van der Waals surface area contributed by atoms with E-state index in [0.29, 0.717) is 32.1 Å². The lowest BCUT2D eigenvalue weighted by atomic mass is 10.2. The normalized spacial score (nSPS) is 12.8. The number of benzene rings is 2. The fraction of sp³-hybridized carbons (Fsp3) is 0.400. The number of para-hydroxylation sites is 2. The van der Waals surface area contributed by atoms with E-state index < -0.39 is 0 Å². The van der Waals surface area contributed by atoms with E-state index in [4.69, 9.17) is 9.97 Å². The lowest BCUT2D eigenvalue weighted by Gasteiger charge is -2.17. The Balaban J connectivity index is 1.67. The van der Waals surface area contributed by atoms with Crippen LogP contribution in [0.1, 0.15) is 40.5 Å². The molecule has 0 aliphatic heterocycles. The van der Waals surface area contributed by atoms with Gasteiger partial charge in [0.2, 0.25) is 11.8 Å². The predicted octanol–water partition coefficient (Wildman–Crippen LogP) is 3.82. The average Bonchev–Trinajstić information content (AvgIpc) is 2.99. The second kappa shape index (κ2) is 14.5. The van der Waals surface area contributed by atoms with Gasteiger partial charge in [-0.2, -0.15) is 0 Å². The largest absolute Gasteiger partial charge is 0.353 e. The molecule has 2 atom stereocenters. The maximum atomic E-state index is 13.6. The monoisotopic (exact) mass is 608 g/mol. The Kier molecular flexibility index (Phi) is 10.8. The van der Waals surface area contributed by atoms with Crippen LogP contribution in [0, 0.1) is 0 Å². The summed E-state index contributed by atoms with van der Waals surface area (Å²) in [6.45, 7) is 8.11. The van der Waals surface area contributed by atoms with Crippen molar-refractivity contribution in [3.63, 3.8) is 0 Å². The quantitative estimate of drug-likeness (QED) is 0.173. The number of nitrogens with zero attached hydrogens (tertiary/aromatic N) is 4. The van der Waals surface area contributed by atoms with Crippen LogP contribution in [0.3, 0.4) is 0 Å². The summed E-state index contributed by atoms with van der Waals surface area (Å²) >= 11 is 2.37. The zero-order chi connectivity index (χ0) is 30.2. The van der Waals surface area contributed by atoms with E-state index in [1.807, 2.05) is 39.8 Å². The van der Waals surface area contributed by atoms with Crippen LogP contribution in [0.4, 0.5) is 0 Å². The van der Waals surface area contributed by atoms with Gasteiger partial charge in [0.1, 0.15) is 0 Å². The molecule has 2 aromatic carbocycles. The molecule has 4 aromatic rings. The van der Waals surface area contributed by atoms with E-state index >= 15 is 0 Å². The number of aromatic nitrogens is 4. The van der Waals surface area contributed by atoms with Gasteiger partial charge >= 0.3 is 0 Å². The average molecular weight is 609 g/mol. The smallest absolute Gasteiger partial charge is 0.262 e. The Morgan fingerprint density at radius 2 is 1.10 bits per heavy atom. The zero-order valence-corrected chi connectivity index (χ0v) is 25.9. The molecule has 2 amide bonds. The minimum Gasteiger partial charge on any atom is -0.353 e. The number of fused-ring (bicyclic) bond motifs is 2. The van der Waals surface area contributed by atoms with Gasteiger partial charge in [-0.1, -0.05) is 61.6 Å². The summed E-state index contributed by atoms with van der Waals surface area (Å²) < 4.78 is 3.02. The van der Waals surface area contributed by atoms with E-state index in [1.165, 1.54) is 32.7 Å². The first-order valence-electron chi connectivity index (χ1n) is 14.0. The number of carbonyl (C=O) groups is 2. The third kappa shape index (κ3) is 7.60. The minimum atomic E-state index is -0.255. The third-order valence-electron chi connectivity index (χ3n) is 6.90. The van der Waals surface area contributed by atoms with Gasteiger partial charge < -0.3 is 10.6 Å². The Bertz CT molecular complexity index is 1580. The van der Waals surface area contributed by atoms with E-state index in [0.717, 1.165) is 12.8 Å². The molecule has 10 nitrogen and oxygen atoms in total. The first-order valence-corrected chi connectivity index (χ1v) is 16.0. The van der Waals surface area contributed by atoms with E-state index in [-0.39, 0.29) is 59.6 Å². The molecule has 0 saturated carbocycles. The van der Waals surface area contributed by atoms with Crippen molar-refractivity contribution in [3.05, 3.63) is 69.2 Å².